The molecule has 0 aromatic carbocycles. The van der Waals surface area contributed by atoms with Crippen LogP contribution in [-0.2, 0) is 4.74 Å². The Labute approximate surface area is 99.5 Å². The van der Waals surface area contributed by atoms with E-state index in [4.69, 9.17) is 4.74 Å². The molecule has 2 aliphatic heterocycles. The molecule has 0 aliphatic carbocycles. The highest BCUT2D eigenvalue weighted by molar-refractivity contribution is 4.90. The van der Waals surface area contributed by atoms with Crippen LogP contribution in [0.5, 0.6) is 0 Å². The van der Waals surface area contributed by atoms with E-state index in [2.05, 4.69) is 31.0 Å². The molecule has 1 N–H and O–H groups in total. The number of rotatable bonds is 1. The van der Waals surface area contributed by atoms with E-state index in [1.54, 1.807) is 0 Å². The van der Waals surface area contributed by atoms with Gasteiger partial charge in [-0.1, -0.05) is 20.8 Å². The molecular formula is C13H26N2O. The third-order valence-electron chi connectivity index (χ3n) is 3.96. The average Bonchev–Trinajstić information content (AvgIpc) is 2.29. The van der Waals surface area contributed by atoms with Crippen molar-refractivity contribution >= 4 is 0 Å². The van der Waals surface area contributed by atoms with Gasteiger partial charge in [0.2, 0.25) is 0 Å². The van der Waals surface area contributed by atoms with Gasteiger partial charge in [0.1, 0.15) is 0 Å². The van der Waals surface area contributed by atoms with Gasteiger partial charge < -0.3 is 10.1 Å². The lowest BCUT2D eigenvalue weighted by Crippen LogP contribution is -2.58. The lowest BCUT2D eigenvalue weighted by Gasteiger charge is -2.44. The molecule has 16 heavy (non-hydrogen) atoms. The van der Waals surface area contributed by atoms with Crippen LogP contribution in [0.2, 0.25) is 0 Å². The predicted molar refractivity (Wildman–Crippen MR) is 66.7 cm³/mol. The monoisotopic (exact) mass is 226 g/mol. The number of ether oxygens (including phenoxy) is 1. The molecule has 3 heteroatoms. The maximum Gasteiger partial charge on any atom is 0.0480 e. The van der Waals surface area contributed by atoms with Crippen LogP contribution in [0, 0.1) is 5.41 Å². The lowest BCUT2D eigenvalue weighted by atomic mass is 9.85. The van der Waals surface area contributed by atoms with Crippen molar-refractivity contribution in [3.8, 4) is 0 Å². The smallest absolute Gasteiger partial charge is 0.0480 e. The van der Waals surface area contributed by atoms with Gasteiger partial charge in [0, 0.05) is 44.9 Å². The predicted octanol–water partition coefficient (Wildman–Crippen LogP) is 1.49. The molecule has 0 aromatic rings. The second-order valence-electron chi connectivity index (χ2n) is 6.21. The molecule has 3 nitrogen and oxygen atoms in total. The summed E-state index contributed by atoms with van der Waals surface area (Å²) in [7, 11) is 0. The molecule has 1 atom stereocenters. The Bertz CT molecular complexity index is 218. The van der Waals surface area contributed by atoms with Gasteiger partial charge in [-0.25, -0.2) is 0 Å². The van der Waals surface area contributed by atoms with Gasteiger partial charge in [-0.3, -0.25) is 4.90 Å². The molecule has 0 bridgehead atoms. The van der Waals surface area contributed by atoms with Crippen LogP contribution in [0.1, 0.15) is 33.6 Å². The molecule has 2 rings (SSSR count). The minimum absolute atomic E-state index is 0.365. The Morgan fingerprint density at radius 3 is 2.50 bits per heavy atom. The standard InChI is InChI=1S/C13H26N2O/c1-13(2,3)12-10-15(7-6-14-12)11-4-8-16-9-5-11/h11-12,14H,4-10H2,1-3H3. The minimum atomic E-state index is 0.365. The molecule has 0 radical (unpaired) electrons. The maximum atomic E-state index is 5.44. The lowest BCUT2D eigenvalue weighted by molar-refractivity contribution is 0.0142. The fourth-order valence-electron chi connectivity index (χ4n) is 2.73. The Hall–Kier alpha value is -0.120. The summed E-state index contributed by atoms with van der Waals surface area (Å²) in [5.41, 5.74) is 0.365. The molecule has 2 heterocycles. The summed E-state index contributed by atoms with van der Waals surface area (Å²) < 4.78 is 5.44. The average molecular weight is 226 g/mol. The highest BCUT2D eigenvalue weighted by atomic mass is 16.5. The minimum Gasteiger partial charge on any atom is -0.381 e. The van der Waals surface area contributed by atoms with Crippen LogP contribution in [0.3, 0.4) is 0 Å². The van der Waals surface area contributed by atoms with Crippen molar-refractivity contribution in [2.75, 3.05) is 32.8 Å². The maximum absolute atomic E-state index is 5.44. The molecule has 94 valence electrons. The fraction of sp³-hybridized carbons (Fsp3) is 1.00. The molecule has 2 aliphatic rings. The Balaban J connectivity index is 1.90. The van der Waals surface area contributed by atoms with Gasteiger partial charge in [0.25, 0.3) is 0 Å². The van der Waals surface area contributed by atoms with Crippen molar-refractivity contribution in [3.63, 3.8) is 0 Å². The Morgan fingerprint density at radius 2 is 1.88 bits per heavy atom. The van der Waals surface area contributed by atoms with Gasteiger partial charge in [-0.15, -0.1) is 0 Å². The summed E-state index contributed by atoms with van der Waals surface area (Å²) in [6.07, 6.45) is 2.44. The quantitative estimate of drug-likeness (QED) is 0.733. The number of nitrogens with zero attached hydrogens (tertiary/aromatic N) is 1. The van der Waals surface area contributed by atoms with Crippen LogP contribution in [0.25, 0.3) is 0 Å². The van der Waals surface area contributed by atoms with E-state index in [1.807, 2.05) is 0 Å². The summed E-state index contributed by atoms with van der Waals surface area (Å²) in [5, 5.41) is 3.66. The normalized spacial score (nSPS) is 30.6. The Kier molecular flexibility index (Phi) is 3.88. The molecule has 0 saturated carbocycles. The molecule has 2 fully saturated rings. The molecule has 1 unspecified atom stereocenters. The number of piperazine rings is 1. The Morgan fingerprint density at radius 1 is 1.19 bits per heavy atom. The van der Waals surface area contributed by atoms with E-state index >= 15 is 0 Å². The zero-order valence-corrected chi connectivity index (χ0v) is 11.0. The zero-order valence-electron chi connectivity index (χ0n) is 11.0. The number of hydrogen-bond donors (Lipinski definition) is 1. The first-order valence-electron chi connectivity index (χ1n) is 6.62. The fourth-order valence-corrected chi connectivity index (χ4v) is 2.73. The summed E-state index contributed by atoms with van der Waals surface area (Å²) in [6.45, 7) is 12.4. The van der Waals surface area contributed by atoms with Crippen LogP contribution in [-0.4, -0.2) is 49.8 Å². The van der Waals surface area contributed by atoms with Crippen molar-refractivity contribution in [3.05, 3.63) is 0 Å². The van der Waals surface area contributed by atoms with E-state index in [0.29, 0.717) is 11.5 Å². The first-order valence-corrected chi connectivity index (χ1v) is 6.62. The topological polar surface area (TPSA) is 24.5 Å². The van der Waals surface area contributed by atoms with Gasteiger partial charge in [-0.2, -0.15) is 0 Å². The first kappa shape index (κ1) is 12.3. The zero-order chi connectivity index (χ0) is 11.6. The largest absolute Gasteiger partial charge is 0.381 e. The number of hydrogen-bond acceptors (Lipinski definition) is 3. The SMILES string of the molecule is CC(C)(C)C1CN(C2CCOCC2)CCN1. The second kappa shape index (κ2) is 5.03. The molecular weight excluding hydrogens is 200 g/mol. The van der Waals surface area contributed by atoms with E-state index in [0.717, 1.165) is 25.8 Å². The van der Waals surface area contributed by atoms with E-state index in [9.17, 15) is 0 Å². The van der Waals surface area contributed by atoms with Crippen molar-refractivity contribution in [1.82, 2.24) is 10.2 Å². The highest BCUT2D eigenvalue weighted by Gasteiger charge is 2.32. The summed E-state index contributed by atoms with van der Waals surface area (Å²) in [5.74, 6) is 0. The van der Waals surface area contributed by atoms with Crippen molar-refractivity contribution in [2.24, 2.45) is 5.41 Å². The molecule has 2 saturated heterocycles. The van der Waals surface area contributed by atoms with Gasteiger partial charge >= 0.3 is 0 Å². The van der Waals surface area contributed by atoms with E-state index in [1.165, 1.54) is 25.9 Å². The third kappa shape index (κ3) is 2.96. The summed E-state index contributed by atoms with van der Waals surface area (Å²) >= 11 is 0. The van der Waals surface area contributed by atoms with Crippen molar-refractivity contribution in [1.29, 1.82) is 0 Å². The van der Waals surface area contributed by atoms with Crippen LogP contribution < -0.4 is 5.32 Å². The van der Waals surface area contributed by atoms with E-state index in [-0.39, 0.29) is 0 Å². The first-order chi connectivity index (χ1) is 7.57. The van der Waals surface area contributed by atoms with Crippen molar-refractivity contribution in [2.45, 2.75) is 45.7 Å². The summed E-state index contributed by atoms with van der Waals surface area (Å²) in [6, 6.07) is 1.39. The van der Waals surface area contributed by atoms with Gasteiger partial charge in [0.15, 0.2) is 0 Å². The second-order valence-corrected chi connectivity index (χ2v) is 6.21. The van der Waals surface area contributed by atoms with Gasteiger partial charge in [-0.05, 0) is 18.3 Å². The third-order valence-corrected chi connectivity index (χ3v) is 3.96. The van der Waals surface area contributed by atoms with Crippen LogP contribution in [0.4, 0.5) is 0 Å². The van der Waals surface area contributed by atoms with Gasteiger partial charge in [0.05, 0.1) is 0 Å². The molecule has 0 spiro atoms. The molecule has 0 aromatic heterocycles. The summed E-state index contributed by atoms with van der Waals surface area (Å²) in [4.78, 5) is 2.68. The number of nitrogens with one attached hydrogen (secondary N) is 1. The highest BCUT2D eigenvalue weighted by Crippen LogP contribution is 2.24. The van der Waals surface area contributed by atoms with E-state index < -0.39 is 0 Å². The van der Waals surface area contributed by atoms with Crippen molar-refractivity contribution < 1.29 is 4.74 Å². The van der Waals surface area contributed by atoms with Crippen LogP contribution >= 0.6 is 0 Å². The van der Waals surface area contributed by atoms with Crippen LogP contribution in [0.15, 0.2) is 0 Å². The molecule has 0 amide bonds.